The van der Waals surface area contributed by atoms with Gasteiger partial charge in [0, 0.05) is 5.92 Å². The number of hydrogen-bond donors (Lipinski definition) is 0. The second-order valence-corrected chi connectivity index (χ2v) is 4.30. The number of carbonyl (C=O) groups is 1. The molecule has 0 N–H and O–H groups in total. The fourth-order valence-electron chi connectivity index (χ4n) is 2.16. The molecule has 0 amide bonds. The van der Waals surface area contributed by atoms with Gasteiger partial charge < -0.3 is 4.84 Å². The van der Waals surface area contributed by atoms with E-state index in [1.54, 1.807) is 0 Å². The summed E-state index contributed by atoms with van der Waals surface area (Å²) in [5.74, 6) is 0.617. The van der Waals surface area contributed by atoms with Crippen LogP contribution in [-0.4, -0.2) is 18.6 Å². The topological polar surface area (TPSA) is 38.7 Å². The average molecular weight is 231 g/mol. The first kappa shape index (κ1) is 11.8. The van der Waals surface area contributed by atoms with Crippen molar-refractivity contribution in [1.82, 2.24) is 0 Å². The minimum Gasteiger partial charge on any atom is -0.399 e. The SMILES string of the molecule is CC/C(=N\OC)C(=O)C1CC1c1ccccc1. The first-order chi connectivity index (χ1) is 8.27. The second-order valence-electron chi connectivity index (χ2n) is 4.30. The second kappa shape index (κ2) is 5.13. The van der Waals surface area contributed by atoms with E-state index < -0.39 is 0 Å². The number of hydrogen-bond acceptors (Lipinski definition) is 3. The fourth-order valence-corrected chi connectivity index (χ4v) is 2.16. The lowest BCUT2D eigenvalue weighted by Crippen LogP contribution is -2.16. The molecule has 1 aromatic carbocycles. The number of oxime groups is 1. The summed E-state index contributed by atoms with van der Waals surface area (Å²) in [7, 11) is 1.48. The van der Waals surface area contributed by atoms with Gasteiger partial charge in [0.2, 0.25) is 0 Å². The highest BCUT2D eigenvalue weighted by Gasteiger charge is 2.44. The van der Waals surface area contributed by atoms with Crippen LogP contribution < -0.4 is 0 Å². The Bertz CT molecular complexity index is 425. The predicted molar refractivity (Wildman–Crippen MR) is 67.0 cm³/mol. The normalized spacial score (nSPS) is 23.3. The zero-order valence-corrected chi connectivity index (χ0v) is 10.2. The standard InChI is InChI=1S/C14H17NO2/c1-3-13(15-17-2)14(16)12-9-11(12)10-7-5-4-6-8-10/h4-8,11-12H,3,9H2,1-2H3/b15-13+. The summed E-state index contributed by atoms with van der Waals surface area (Å²) >= 11 is 0. The van der Waals surface area contributed by atoms with Crippen LogP contribution in [0.4, 0.5) is 0 Å². The quantitative estimate of drug-likeness (QED) is 0.577. The minimum absolute atomic E-state index is 0.103. The number of carbonyl (C=O) groups excluding carboxylic acids is 1. The summed E-state index contributed by atoms with van der Waals surface area (Å²) in [6.45, 7) is 1.93. The van der Waals surface area contributed by atoms with Crippen molar-refractivity contribution in [3.63, 3.8) is 0 Å². The van der Waals surface area contributed by atoms with E-state index >= 15 is 0 Å². The van der Waals surface area contributed by atoms with Gasteiger partial charge in [0.05, 0.1) is 0 Å². The van der Waals surface area contributed by atoms with Crippen molar-refractivity contribution >= 4 is 11.5 Å². The molecule has 2 atom stereocenters. The van der Waals surface area contributed by atoms with E-state index in [1.165, 1.54) is 12.7 Å². The number of nitrogens with zero attached hydrogens (tertiary/aromatic N) is 1. The Balaban J connectivity index is 2.04. The molecule has 2 unspecified atom stereocenters. The zero-order valence-electron chi connectivity index (χ0n) is 10.2. The molecule has 0 aromatic heterocycles. The summed E-state index contributed by atoms with van der Waals surface area (Å²) in [5.41, 5.74) is 1.80. The number of ketones is 1. The van der Waals surface area contributed by atoms with Gasteiger partial charge in [0.1, 0.15) is 12.8 Å². The van der Waals surface area contributed by atoms with Crippen LogP contribution in [-0.2, 0) is 9.63 Å². The van der Waals surface area contributed by atoms with Gasteiger partial charge in [-0.25, -0.2) is 0 Å². The number of Topliss-reactive ketones (excluding diaryl/α,β-unsaturated/α-hetero) is 1. The Labute approximate surface area is 101 Å². The lowest BCUT2D eigenvalue weighted by atomic mass is 10.0. The third-order valence-corrected chi connectivity index (χ3v) is 3.18. The molecule has 1 fully saturated rings. The molecule has 2 rings (SSSR count). The molecule has 3 nitrogen and oxygen atoms in total. The maximum atomic E-state index is 12.1. The largest absolute Gasteiger partial charge is 0.399 e. The molecule has 0 bridgehead atoms. The van der Waals surface area contributed by atoms with Gasteiger partial charge in [-0.05, 0) is 24.3 Å². The van der Waals surface area contributed by atoms with Gasteiger partial charge in [-0.3, -0.25) is 4.79 Å². The molecular weight excluding hydrogens is 214 g/mol. The summed E-state index contributed by atoms with van der Waals surface area (Å²) in [4.78, 5) is 16.8. The lowest BCUT2D eigenvalue weighted by molar-refractivity contribution is -0.114. The molecule has 1 saturated carbocycles. The monoisotopic (exact) mass is 231 g/mol. The third-order valence-electron chi connectivity index (χ3n) is 3.18. The lowest BCUT2D eigenvalue weighted by Gasteiger charge is -2.02. The molecule has 0 spiro atoms. The third kappa shape index (κ3) is 2.54. The fraction of sp³-hybridized carbons (Fsp3) is 0.429. The van der Waals surface area contributed by atoms with Crippen LogP contribution in [0.1, 0.15) is 31.2 Å². The summed E-state index contributed by atoms with van der Waals surface area (Å²) in [6.07, 6.45) is 1.57. The van der Waals surface area contributed by atoms with Gasteiger partial charge in [0.15, 0.2) is 5.78 Å². The molecule has 1 aliphatic carbocycles. The van der Waals surface area contributed by atoms with Crippen molar-refractivity contribution in [2.45, 2.75) is 25.7 Å². The molecule has 0 heterocycles. The van der Waals surface area contributed by atoms with Gasteiger partial charge in [0.25, 0.3) is 0 Å². The van der Waals surface area contributed by atoms with Crippen molar-refractivity contribution in [3.8, 4) is 0 Å². The van der Waals surface area contributed by atoms with E-state index in [2.05, 4.69) is 17.3 Å². The van der Waals surface area contributed by atoms with Gasteiger partial charge >= 0.3 is 0 Å². The van der Waals surface area contributed by atoms with Crippen LogP contribution in [0.3, 0.4) is 0 Å². The van der Waals surface area contributed by atoms with Crippen molar-refractivity contribution < 1.29 is 9.63 Å². The molecule has 1 aromatic rings. The van der Waals surface area contributed by atoms with Gasteiger partial charge in [-0.2, -0.15) is 0 Å². The van der Waals surface area contributed by atoms with Crippen molar-refractivity contribution in [3.05, 3.63) is 35.9 Å². The Morgan fingerprint density at radius 1 is 1.41 bits per heavy atom. The van der Waals surface area contributed by atoms with Crippen molar-refractivity contribution in [2.75, 3.05) is 7.11 Å². The van der Waals surface area contributed by atoms with E-state index in [-0.39, 0.29) is 11.7 Å². The Morgan fingerprint density at radius 2 is 2.12 bits per heavy atom. The highest BCUT2D eigenvalue weighted by atomic mass is 16.6. The molecular formula is C14H17NO2. The van der Waals surface area contributed by atoms with E-state index in [4.69, 9.17) is 4.84 Å². The number of benzene rings is 1. The first-order valence-corrected chi connectivity index (χ1v) is 5.97. The molecule has 1 aliphatic rings. The van der Waals surface area contributed by atoms with Crippen molar-refractivity contribution in [2.24, 2.45) is 11.1 Å². The van der Waals surface area contributed by atoms with Gasteiger partial charge in [-0.1, -0.05) is 42.4 Å². The molecule has 0 radical (unpaired) electrons. The Morgan fingerprint density at radius 3 is 2.71 bits per heavy atom. The van der Waals surface area contributed by atoms with Crippen LogP contribution in [0.2, 0.25) is 0 Å². The van der Waals surface area contributed by atoms with Crippen LogP contribution in [0.15, 0.2) is 35.5 Å². The Hall–Kier alpha value is -1.64. The molecule has 17 heavy (non-hydrogen) atoms. The molecule has 3 heteroatoms. The predicted octanol–water partition coefficient (Wildman–Crippen LogP) is 2.77. The average Bonchev–Trinajstić information content (AvgIpc) is 3.16. The highest BCUT2D eigenvalue weighted by Crippen LogP contribution is 2.48. The molecule has 90 valence electrons. The van der Waals surface area contributed by atoms with Crippen molar-refractivity contribution in [1.29, 1.82) is 0 Å². The Kier molecular flexibility index (Phi) is 3.57. The molecule has 0 saturated heterocycles. The van der Waals surface area contributed by atoms with E-state index in [0.29, 0.717) is 18.1 Å². The summed E-state index contributed by atoms with van der Waals surface area (Å²) in [6, 6.07) is 10.2. The number of rotatable bonds is 5. The maximum Gasteiger partial charge on any atom is 0.184 e. The first-order valence-electron chi connectivity index (χ1n) is 5.97. The van der Waals surface area contributed by atoms with Crippen LogP contribution >= 0.6 is 0 Å². The smallest absolute Gasteiger partial charge is 0.184 e. The van der Waals surface area contributed by atoms with E-state index in [9.17, 15) is 4.79 Å². The van der Waals surface area contributed by atoms with Crippen LogP contribution in [0.5, 0.6) is 0 Å². The van der Waals surface area contributed by atoms with E-state index in [1.807, 2.05) is 25.1 Å². The summed E-state index contributed by atoms with van der Waals surface area (Å²) < 4.78 is 0. The zero-order chi connectivity index (χ0) is 12.3. The summed E-state index contributed by atoms with van der Waals surface area (Å²) in [5, 5.41) is 3.80. The maximum absolute atomic E-state index is 12.1. The molecule has 0 aliphatic heterocycles. The minimum atomic E-state index is 0.103. The highest BCUT2D eigenvalue weighted by molar-refractivity contribution is 6.41. The van der Waals surface area contributed by atoms with Crippen LogP contribution in [0, 0.1) is 5.92 Å². The van der Waals surface area contributed by atoms with Crippen LogP contribution in [0.25, 0.3) is 0 Å². The van der Waals surface area contributed by atoms with Gasteiger partial charge in [-0.15, -0.1) is 0 Å². The van der Waals surface area contributed by atoms with E-state index in [0.717, 1.165) is 6.42 Å².